The molecule has 0 aromatic heterocycles. The largest absolute Gasteiger partial charge is 0.480 e. The van der Waals surface area contributed by atoms with E-state index in [4.69, 9.17) is 10.8 Å². The summed E-state index contributed by atoms with van der Waals surface area (Å²) in [5, 5.41) is 8.76. The molecule has 0 radical (unpaired) electrons. The lowest BCUT2D eigenvalue weighted by Gasteiger charge is -2.18. The van der Waals surface area contributed by atoms with Crippen LogP contribution in [0.1, 0.15) is 58.8 Å². The average molecular weight is 201 g/mol. The summed E-state index contributed by atoms with van der Waals surface area (Å²) in [5.74, 6) is -0.897. The Labute approximate surface area is 86.7 Å². The molecular formula is C11H23NO2. The van der Waals surface area contributed by atoms with Crippen molar-refractivity contribution in [3.8, 4) is 0 Å². The van der Waals surface area contributed by atoms with Gasteiger partial charge in [0, 0.05) is 0 Å². The van der Waals surface area contributed by atoms with Crippen molar-refractivity contribution in [2.24, 2.45) is 5.73 Å². The number of carbonyl (C=O) groups is 1. The van der Waals surface area contributed by atoms with Crippen molar-refractivity contribution in [1.82, 2.24) is 0 Å². The summed E-state index contributed by atoms with van der Waals surface area (Å²) in [6, 6.07) is 0. The van der Waals surface area contributed by atoms with E-state index in [0.717, 1.165) is 12.8 Å². The monoisotopic (exact) mass is 201 g/mol. The first-order valence-electron chi connectivity index (χ1n) is 5.53. The molecule has 0 heterocycles. The number of rotatable bonds is 8. The van der Waals surface area contributed by atoms with Crippen LogP contribution in [-0.2, 0) is 4.79 Å². The van der Waals surface area contributed by atoms with Crippen LogP contribution < -0.4 is 5.73 Å². The number of carboxylic acids is 1. The smallest absolute Gasteiger partial charge is 0.323 e. The Balaban J connectivity index is 3.40. The molecule has 0 saturated heterocycles. The van der Waals surface area contributed by atoms with Crippen LogP contribution in [-0.4, -0.2) is 16.6 Å². The van der Waals surface area contributed by atoms with Gasteiger partial charge in [-0.3, -0.25) is 4.79 Å². The van der Waals surface area contributed by atoms with Crippen molar-refractivity contribution in [3.05, 3.63) is 0 Å². The number of unbranched alkanes of at least 4 members (excludes halogenated alkanes) is 5. The Morgan fingerprint density at radius 1 is 1.21 bits per heavy atom. The summed E-state index contributed by atoms with van der Waals surface area (Å²) in [4.78, 5) is 10.7. The molecule has 3 nitrogen and oxygen atoms in total. The van der Waals surface area contributed by atoms with Crippen LogP contribution in [0.5, 0.6) is 0 Å². The van der Waals surface area contributed by atoms with E-state index in [1.807, 2.05) is 0 Å². The molecule has 0 saturated carbocycles. The van der Waals surface area contributed by atoms with Crippen LogP contribution in [0.4, 0.5) is 0 Å². The van der Waals surface area contributed by atoms with Crippen LogP contribution in [0.2, 0.25) is 0 Å². The van der Waals surface area contributed by atoms with Crippen molar-refractivity contribution < 1.29 is 9.90 Å². The van der Waals surface area contributed by atoms with E-state index in [1.54, 1.807) is 6.92 Å². The van der Waals surface area contributed by atoms with Crippen LogP contribution >= 0.6 is 0 Å². The second-order valence-electron chi connectivity index (χ2n) is 4.24. The molecule has 14 heavy (non-hydrogen) atoms. The molecule has 0 spiro atoms. The molecular weight excluding hydrogens is 178 g/mol. The molecule has 0 unspecified atom stereocenters. The summed E-state index contributed by atoms with van der Waals surface area (Å²) in [7, 11) is 0. The third-order valence-electron chi connectivity index (χ3n) is 2.54. The fourth-order valence-electron chi connectivity index (χ4n) is 1.38. The summed E-state index contributed by atoms with van der Waals surface area (Å²) in [6.45, 7) is 3.77. The number of carboxylic acid groups (broad SMARTS) is 1. The summed E-state index contributed by atoms with van der Waals surface area (Å²) < 4.78 is 0. The number of nitrogens with two attached hydrogens (primary N) is 1. The van der Waals surface area contributed by atoms with Crippen molar-refractivity contribution >= 4 is 5.97 Å². The van der Waals surface area contributed by atoms with Gasteiger partial charge in [-0.15, -0.1) is 0 Å². The Morgan fingerprint density at radius 2 is 1.71 bits per heavy atom. The molecule has 0 aromatic carbocycles. The maximum atomic E-state index is 10.7. The van der Waals surface area contributed by atoms with Crippen molar-refractivity contribution in [2.45, 2.75) is 64.3 Å². The van der Waals surface area contributed by atoms with Gasteiger partial charge in [0.05, 0.1) is 0 Å². The van der Waals surface area contributed by atoms with E-state index >= 15 is 0 Å². The van der Waals surface area contributed by atoms with Gasteiger partial charge < -0.3 is 10.8 Å². The highest BCUT2D eigenvalue weighted by Crippen LogP contribution is 2.13. The van der Waals surface area contributed by atoms with Gasteiger partial charge in [0.25, 0.3) is 0 Å². The van der Waals surface area contributed by atoms with E-state index < -0.39 is 11.5 Å². The third-order valence-corrected chi connectivity index (χ3v) is 2.54. The highest BCUT2D eigenvalue weighted by atomic mass is 16.4. The highest BCUT2D eigenvalue weighted by Gasteiger charge is 2.26. The second kappa shape index (κ2) is 6.82. The summed E-state index contributed by atoms with van der Waals surface area (Å²) >= 11 is 0. The molecule has 0 aliphatic carbocycles. The van der Waals surface area contributed by atoms with Gasteiger partial charge in [-0.25, -0.2) is 0 Å². The Hall–Kier alpha value is -0.570. The van der Waals surface area contributed by atoms with Gasteiger partial charge in [0.1, 0.15) is 5.54 Å². The molecule has 0 amide bonds. The molecule has 0 aliphatic heterocycles. The van der Waals surface area contributed by atoms with Crippen molar-refractivity contribution in [2.75, 3.05) is 0 Å². The minimum absolute atomic E-state index is 0.578. The molecule has 0 rings (SSSR count). The predicted octanol–water partition coefficient (Wildman–Crippen LogP) is 2.54. The van der Waals surface area contributed by atoms with Crippen molar-refractivity contribution in [1.29, 1.82) is 0 Å². The van der Waals surface area contributed by atoms with Gasteiger partial charge in [0.15, 0.2) is 0 Å². The molecule has 0 bridgehead atoms. The van der Waals surface area contributed by atoms with Gasteiger partial charge in [0.2, 0.25) is 0 Å². The Kier molecular flexibility index (Phi) is 6.54. The van der Waals surface area contributed by atoms with Crippen LogP contribution in [0.25, 0.3) is 0 Å². The first kappa shape index (κ1) is 13.4. The topological polar surface area (TPSA) is 63.3 Å². The normalized spacial score (nSPS) is 15.1. The van der Waals surface area contributed by atoms with Gasteiger partial charge in [-0.1, -0.05) is 45.4 Å². The number of hydrogen-bond acceptors (Lipinski definition) is 2. The van der Waals surface area contributed by atoms with Crippen LogP contribution in [0.3, 0.4) is 0 Å². The zero-order valence-electron chi connectivity index (χ0n) is 9.38. The lowest BCUT2D eigenvalue weighted by atomic mass is 9.95. The minimum atomic E-state index is -1.04. The zero-order chi connectivity index (χ0) is 11.0. The fraction of sp³-hybridized carbons (Fsp3) is 0.909. The minimum Gasteiger partial charge on any atom is -0.480 e. The second-order valence-corrected chi connectivity index (χ2v) is 4.24. The van der Waals surface area contributed by atoms with E-state index in [1.165, 1.54) is 25.7 Å². The molecule has 84 valence electrons. The van der Waals surface area contributed by atoms with Crippen LogP contribution in [0.15, 0.2) is 0 Å². The lowest BCUT2D eigenvalue weighted by Crippen LogP contribution is -2.44. The van der Waals surface area contributed by atoms with Gasteiger partial charge in [-0.05, 0) is 13.3 Å². The quantitative estimate of drug-likeness (QED) is 0.593. The Morgan fingerprint density at radius 3 is 2.21 bits per heavy atom. The van der Waals surface area contributed by atoms with E-state index in [0.29, 0.717) is 6.42 Å². The zero-order valence-corrected chi connectivity index (χ0v) is 9.38. The molecule has 1 atom stereocenters. The maximum absolute atomic E-state index is 10.7. The van der Waals surface area contributed by atoms with Crippen molar-refractivity contribution in [3.63, 3.8) is 0 Å². The maximum Gasteiger partial charge on any atom is 0.323 e. The van der Waals surface area contributed by atoms with E-state index in [9.17, 15) is 4.79 Å². The first-order valence-corrected chi connectivity index (χ1v) is 5.53. The number of hydrogen-bond donors (Lipinski definition) is 2. The average Bonchev–Trinajstić information content (AvgIpc) is 2.10. The lowest BCUT2D eigenvalue weighted by molar-refractivity contribution is -0.142. The van der Waals surface area contributed by atoms with E-state index in [2.05, 4.69) is 6.92 Å². The molecule has 0 aliphatic rings. The summed E-state index contributed by atoms with van der Waals surface area (Å²) in [6.07, 6.45) is 7.56. The standard InChI is InChI=1S/C11H23NO2/c1-3-4-5-6-7-8-9-11(2,12)10(13)14/h3-9,12H2,1-2H3,(H,13,14)/t11-/m0/s1. The van der Waals surface area contributed by atoms with E-state index in [-0.39, 0.29) is 0 Å². The molecule has 3 heteroatoms. The van der Waals surface area contributed by atoms with Crippen LogP contribution in [0, 0.1) is 0 Å². The fourth-order valence-corrected chi connectivity index (χ4v) is 1.38. The Bertz CT molecular complexity index is 167. The first-order chi connectivity index (χ1) is 6.50. The molecule has 3 N–H and O–H groups in total. The summed E-state index contributed by atoms with van der Waals surface area (Å²) in [5.41, 5.74) is 4.56. The van der Waals surface area contributed by atoms with Gasteiger partial charge >= 0.3 is 5.97 Å². The number of aliphatic carboxylic acids is 1. The predicted molar refractivity (Wildman–Crippen MR) is 58.2 cm³/mol. The third kappa shape index (κ3) is 5.97. The molecule has 0 aromatic rings. The highest BCUT2D eigenvalue weighted by molar-refractivity contribution is 5.77. The molecule has 0 fully saturated rings. The SMILES string of the molecule is CCCCCCCC[C@](C)(N)C(=O)O. The van der Waals surface area contributed by atoms with Gasteiger partial charge in [-0.2, -0.15) is 0 Å².